The molecule has 0 bridgehead atoms. The zero-order chi connectivity index (χ0) is 24.2. The molecule has 0 saturated carbocycles. The fraction of sp³-hybridized carbons (Fsp3) is 0.148. The first-order valence-electron chi connectivity index (χ1n) is 10.7. The Morgan fingerprint density at radius 1 is 1.00 bits per heavy atom. The summed E-state index contributed by atoms with van der Waals surface area (Å²) < 4.78 is 20.5. The lowest BCUT2D eigenvalue weighted by atomic mass is 9.97. The number of methoxy groups -OCH3 is 1. The van der Waals surface area contributed by atoms with Gasteiger partial charge < -0.3 is 14.6 Å². The minimum absolute atomic E-state index is 0.310. The van der Waals surface area contributed by atoms with Crippen LogP contribution in [-0.4, -0.2) is 28.4 Å². The van der Waals surface area contributed by atoms with Crippen LogP contribution in [0.25, 0.3) is 11.1 Å². The second-order valence-corrected chi connectivity index (χ2v) is 7.87. The Morgan fingerprint density at radius 2 is 1.71 bits per heavy atom. The van der Waals surface area contributed by atoms with Crippen LogP contribution in [0.5, 0.6) is 5.88 Å². The molecule has 2 aromatic heterocycles. The second-order valence-electron chi connectivity index (χ2n) is 7.87. The normalized spacial score (nSPS) is 10.7. The smallest absolute Gasteiger partial charge is 0.296 e. The molecule has 4 aromatic rings. The van der Waals surface area contributed by atoms with Crippen LogP contribution in [0.15, 0.2) is 72.9 Å². The topological polar surface area (TPSA) is 73.2 Å². The number of carbonyl (C=O) groups excluding carboxylic acids is 2. The summed E-state index contributed by atoms with van der Waals surface area (Å²) in [5.74, 6) is -1.39. The number of ketones is 1. The van der Waals surface area contributed by atoms with Gasteiger partial charge in [0.1, 0.15) is 5.82 Å². The van der Waals surface area contributed by atoms with E-state index in [0.29, 0.717) is 34.9 Å². The Hall–Kier alpha value is -4.26. The Balaban J connectivity index is 1.76. The summed E-state index contributed by atoms with van der Waals surface area (Å²) in [6, 6.07) is 18.9. The fourth-order valence-electron chi connectivity index (χ4n) is 4.03. The van der Waals surface area contributed by atoms with Crippen molar-refractivity contribution in [3.63, 3.8) is 0 Å². The second kappa shape index (κ2) is 9.70. The van der Waals surface area contributed by atoms with Gasteiger partial charge in [-0.15, -0.1) is 0 Å². The quantitative estimate of drug-likeness (QED) is 0.306. The van der Waals surface area contributed by atoms with Crippen LogP contribution in [-0.2, 0) is 11.3 Å². The van der Waals surface area contributed by atoms with Crippen LogP contribution in [0.3, 0.4) is 0 Å². The summed E-state index contributed by atoms with van der Waals surface area (Å²) in [7, 11) is 1.47. The summed E-state index contributed by atoms with van der Waals surface area (Å²) >= 11 is 0. The summed E-state index contributed by atoms with van der Waals surface area (Å²) in [4.78, 5) is 30.5. The molecule has 0 atom stereocenters. The maximum Gasteiger partial charge on any atom is 0.296 e. The summed E-state index contributed by atoms with van der Waals surface area (Å²) in [6.07, 6.45) is 1.49. The van der Waals surface area contributed by atoms with Gasteiger partial charge in [0.15, 0.2) is 0 Å². The summed E-state index contributed by atoms with van der Waals surface area (Å²) in [5.41, 5.74) is 4.67. The van der Waals surface area contributed by atoms with Gasteiger partial charge >= 0.3 is 0 Å². The van der Waals surface area contributed by atoms with E-state index in [1.807, 2.05) is 48.7 Å². The van der Waals surface area contributed by atoms with E-state index in [-0.39, 0.29) is 5.82 Å². The molecule has 0 aliphatic carbocycles. The van der Waals surface area contributed by atoms with E-state index in [2.05, 4.69) is 10.3 Å². The van der Waals surface area contributed by atoms with E-state index >= 15 is 0 Å². The summed E-state index contributed by atoms with van der Waals surface area (Å²) in [5, 5.41) is 2.65. The van der Waals surface area contributed by atoms with Crippen molar-refractivity contribution in [3.05, 3.63) is 101 Å². The number of aromatic nitrogens is 2. The van der Waals surface area contributed by atoms with E-state index in [9.17, 15) is 14.0 Å². The number of nitrogens with one attached hydrogen (secondary N) is 1. The largest absolute Gasteiger partial charge is 0.481 e. The first-order valence-corrected chi connectivity index (χ1v) is 10.7. The molecular weight excluding hydrogens is 433 g/mol. The highest BCUT2D eigenvalue weighted by molar-refractivity contribution is 6.48. The molecule has 0 aliphatic heterocycles. The number of amides is 1. The van der Waals surface area contributed by atoms with Crippen molar-refractivity contribution in [1.29, 1.82) is 0 Å². The van der Waals surface area contributed by atoms with Crippen molar-refractivity contribution in [3.8, 4) is 17.0 Å². The van der Waals surface area contributed by atoms with Crippen molar-refractivity contribution >= 4 is 17.4 Å². The van der Waals surface area contributed by atoms with Gasteiger partial charge in [-0.3, -0.25) is 9.59 Å². The van der Waals surface area contributed by atoms with Crippen molar-refractivity contribution in [2.75, 3.05) is 12.4 Å². The molecule has 34 heavy (non-hydrogen) atoms. The average molecular weight is 458 g/mol. The first-order chi connectivity index (χ1) is 16.4. The van der Waals surface area contributed by atoms with Crippen molar-refractivity contribution in [2.24, 2.45) is 0 Å². The maximum absolute atomic E-state index is 13.5. The zero-order valence-electron chi connectivity index (χ0n) is 19.1. The zero-order valence-corrected chi connectivity index (χ0v) is 19.1. The van der Waals surface area contributed by atoms with Gasteiger partial charge in [0, 0.05) is 41.4 Å². The molecule has 2 aromatic carbocycles. The van der Waals surface area contributed by atoms with Crippen LogP contribution in [0.2, 0.25) is 0 Å². The molecule has 0 radical (unpaired) electrons. The number of hydrogen-bond donors (Lipinski definition) is 1. The highest BCUT2D eigenvalue weighted by Gasteiger charge is 2.28. The van der Waals surface area contributed by atoms with Gasteiger partial charge in [0.2, 0.25) is 5.88 Å². The van der Waals surface area contributed by atoms with Gasteiger partial charge in [0.25, 0.3) is 11.7 Å². The van der Waals surface area contributed by atoms with Gasteiger partial charge in [-0.1, -0.05) is 42.5 Å². The number of Topliss-reactive ketones (excluding diaryl/α,β-unsaturated/α-hetero) is 1. The Bertz CT molecular complexity index is 1350. The molecule has 6 nitrogen and oxygen atoms in total. The molecule has 0 spiro atoms. The highest BCUT2D eigenvalue weighted by Crippen LogP contribution is 2.33. The standard InChI is InChI=1S/C27H24FN3O3/c1-17-24(20-7-5-4-6-8-20)25(18(2)31(17)16-19-9-11-21(28)12-10-19)26(32)27(33)30-22-13-14-29-23(15-22)34-3/h4-15H,16H2,1-3H3,(H,29,30,33). The van der Waals surface area contributed by atoms with E-state index in [0.717, 1.165) is 16.8 Å². The van der Waals surface area contributed by atoms with Crippen LogP contribution in [0, 0.1) is 19.7 Å². The lowest BCUT2D eigenvalue weighted by molar-refractivity contribution is -0.112. The van der Waals surface area contributed by atoms with E-state index in [1.165, 1.54) is 25.4 Å². The molecule has 1 N–H and O–H groups in total. The van der Waals surface area contributed by atoms with Crippen molar-refractivity contribution in [1.82, 2.24) is 9.55 Å². The number of halogens is 1. The maximum atomic E-state index is 13.5. The molecule has 172 valence electrons. The molecule has 0 fully saturated rings. The minimum atomic E-state index is -0.757. The monoisotopic (exact) mass is 457 g/mol. The van der Waals surface area contributed by atoms with Crippen molar-refractivity contribution < 1.29 is 18.7 Å². The number of nitrogens with zero attached hydrogens (tertiary/aromatic N) is 2. The third-order valence-corrected chi connectivity index (χ3v) is 5.73. The number of rotatable bonds is 7. The number of carbonyl (C=O) groups is 2. The van der Waals surface area contributed by atoms with Crippen LogP contribution in [0.4, 0.5) is 10.1 Å². The molecule has 1 amide bonds. The van der Waals surface area contributed by atoms with E-state index < -0.39 is 11.7 Å². The van der Waals surface area contributed by atoms with Gasteiger partial charge in [-0.25, -0.2) is 9.37 Å². The lowest BCUT2D eigenvalue weighted by Gasteiger charge is -2.10. The number of ether oxygens (including phenoxy) is 1. The minimum Gasteiger partial charge on any atom is -0.481 e. The highest BCUT2D eigenvalue weighted by atomic mass is 19.1. The van der Waals surface area contributed by atoms with Gasteiger partial charge in [-0.2, -0.15) is 0 Å². The predicted octanol–water partition coefficient (Wildman–Crippen LogP) is 5.18. The van der Waals surface area contributed by atoms with Gasteiger partial charge in [0.05, 0.1) is 12.7 Å². The molecule has 7 heteroatoms. The first kappa shape index (κ1) is 22.9. The SMILES string of the molecule is COc1cc(NC(=O)C(=O)c2c(-c3ccccc3)c(C)n(Cc3ccc(F)cc3)c2C)ccn1. The predicted molar refractivity (Wildman–Crippen MR) is 129 cm³/mol. The molecule has 2 heterocycles. The number of anilines is 1. The molecular formula is C27H24FN3O3. The fourth-order valence-corrected chi connectivity index (χ4v) is 4.03. The van der Waals surface area contributed by atoms with E-state index in [4.69, 9.17) is 4.74 Å². The Labute approximate surface area is 197 Å². The third-order valence-electron chi connectivity index (χ3n) is 5.73. The molecule has 0 unspecified atom stereocenters. The number of benzene rings is 2. The Kier molecular flexibility index (Phi) is 6.54. The average Bonchev–Trinajstić information content (AvgIpc) is 3.10. The van der Waals surface area contributed by atoms with Crippen LogP contribution < -0.4 is 10.1 Å². The molecule has 0 saturated heterocycles. The summed E-state index contributed by atoms with van der Waals surface area (Å²) in [6.45, 7) is 4.18. The molecule has 0 aliphatic rings. The number of hydrogen-bond acceptors (Lipinski definition) is 4. The third kappa shape index (κ3) is 4.59. The molecule has 4 rings (SSSR count). The van der Waals surface area contributed by atoms with E-state index in [1.54, 1.807) is 24.3 Å². The number of pyridine rings is 1. The van der Waals surface area contributed by atoms with Crippen LogP contribution >= 0.6 is 0 Å². The van der Waals surface area contributed by atoms with Crippen LogP contribution in [0.1, 0.15) is 27.3 Å². The lowest BCUT2D eigenvalue weighted by Crippen LogP contribution is -2.24. The van der Waals surface area contributed by atoms with Gasteiger partial charge in [-0.05, 0) is 43.2 Å². The van der Waals surface area contributed by atoms with Crippen molar-refractivity contribution in [2.45, 2.75) is 20.4 Å². The Morgan fingerprint density at radius 3 is 2.38 bits per heavy atom.